The SMILES string of the molecule is Cc1c(C(=O)N=c2ccn(C)nc2)cnn1C(C)C. The zero-order valence-corrected chi connectivity index (χ0v) is 11.5. The van der Waals surface area contributed by atoms with Crippen LogP contribution in [0.1, 0.15) is 35.9 Å². The van der Waals surface area contributed by atoms with Crippen molar-refractivity contribution < 1.29 is 4.79 Å². The van der Waals surface area contributed by atoms with Gasteiger partial charge in [0.15, 0.2) is 0 Å². The first-order valence-corrected chi connectivity index (χ1v) is 6.11. The number of hydrogen-bond acceptors (Lipinski definition) is 3. The van der Waals surface area contributed by atoms with Gasteiger partial charge in [-0.25, -0.2) is 4.99 Å². The molecule has 0 aliphatic carbocycles. The highest BCUT2D eigenvalue weighted by molar-refractivity contribution is 5.95. The fourth-order valence-electron chi connectivity index (χ4n) is 1.81. The number of hydrogen-bond donors (Lipinski definition) is 0. The van der Waals surface area contributed by atoms with Crippen LogP contribution in [0.25, 0.3) is 0 Å². The van der Waals surface area contributed by atoms with Crippen molar-refractivity contribution in [2.75, 3.05) is 0 Å². The van der Waals surface area contributed by atoms with Crippen molar-refractivity contribution >= 4 is 5.91 Å². The number of amides is 1. The lowest BCUT2D eigenvalue weighted by atomic mass is 10.2. The van der Waals surface area contributed by atoms with Crippen LogP contribution in [0, 0.1) is 6.92 Å². The van der Waals surface area contributed by atoms with Crippen LogP contribution in [0.3, 0.4) is 0 Å². The Morgan fingerprint density at radius 1 is 1.32 bits per heavy atom. The first-order valence-electron chi connectivity index (χ1n) is 6.11. The maximum atomic E-state index is 12.1. The summed E-state index contributed by atoms with van der Waals surface area (Å²) in [7, 11) is 1.81. The molecule has 0 aromatic carbocycles. The van der Waals surface area contributed by atoms with E-state index in [0.717, 1.165) is 5.69 Å². The largest absolute Gasteiger partial charge is 0.281 e. The minimum absolute atomic E-state index is 0.221. The van der Waals surface area contributed by atoms with Gasteiger partial charge >= 0.3 is 0 Å². The van der Waals surface area contributed by atoms with E-state index < -0.39 is 0 Å². The van der Waals surface area contributed by atoms with E-state index in [1.54, 1.807) is 29.3 Å². The van der Waals surface area contributed by atoms with Crippen molar-refractivity contribution in [1.29, 1.82) is 0 Å². The molecule has 2 aromatic heterocycles. The number of carbonyl (C=O) groups excluding carboxylic acids is 1. The summed E-state index contributed by atoms with van der Waals surface area (Å²) in [5, 5.41) is 8.78. The third kappa shape index (κ3) is 2.78. The number of carbonyl (C=O) groups is 1. The standard InChI is InChI=1S/C13H17N5O/c1-9(2)18-10(3)12(8-15-18)13(19)16-11-5-6-17(4)14-7-11/h5-9H,1-4H3. The molecule has 0 aliphatic rings. The Hall–Kier alpha value is -2.24. The van der Waals surface area contributed by atoms with Crippen LogP contribution in [0.15, 0.2) is 29.6 Å². The maximum absolute atomic E-state index is 12.1. The Balaban J connectivity index is 2.35. The van der Waals surface area contributed by atoms with Crippen molar-refractivity contribution in [3.05, 3.63) is 41.3 Å². The number of aromatic nitrogens is 4. The Labute approximate surface area is 111 Å². The molecule has 19 heavy (non-hydrogen) atoms. The molecule has 0 saturated carbocycles. The number of rotatable bonds is 2. The van der Waals surface area contributed by atoms with Crippen molar-refractivity contribution in [2.24, 2.45) is 12.0 Å². The average molecular weight is 259 g/mol. The molecule has 6 heteroatoms. The predicted octanol–water partition coefficient (Wildman–Crippen LogP) is 1.25. The molecular weight excluding hydrogens is 242 g/mol. The molecule has 1 amide bonds. The zero-order chi connectivity index (χ0) is 14.0. The van der Waals surface area contributed by atoms with Gasteiger partial charge in [-0.3, -0.25) is 14.2 Å². The second-order valence-corrected chi connectivity index (χ2v) is 4.66. The normalized spacial score (nSPS) is 12.2. The predicted molar refractivity (Wildman–Crippen MR) is 70.5 cm³/mol. The van der Waals surface area contributed by atoms with Crippen LogP contribution < -0.4 is 5.36 Å². The van der Waals surface area contributed by atoms with E-state index >= 15 is 0 Å². The molecule has 0 saturated heterocycles. The fourth-order valence-corrected chi connectivity index (χ4v) is 1.81. The molecule has 0 radical (unpaired) electrons. The van der Waals surface area contributed by atoms with E-state index in [1.165, 1.54) is 0 Å². The fraction of sp³-hybridized carbons (Fsp3) is 0.385. The van der Waals surface area contributed by atoms with Gasteiger partial charge in [-0.15, -0.1) is 0 Å². The Kier molecular flexibility index (Phi) is 3.59. The van der Waals surface area contributed by atoms with Crippen LogP contribution in [0.4, 0.5) is 0 Å². The van der Waals surface area contributed by atoms with Crippen molar-refractivity contribution in [3.63, 3.8) is 0 Å². The molecule has 0 atom stereocenters. The Bertz CT molecular complexity index is 645. The lowest BCUT2D eigenvalue weighted by molar-refractivity contribution is 0.0997. The van der Waals surface area contributed by atoms with Crippen LogP contribution in [-0.4, -0.2) is 25.5 Å². The highest BCUT2D eigenvalue weighted by atomic mass is 16.1. The first-order chi connectivity index (χ1) is 8.99. The molecular formula is C13H17N5O. The highest BCUT2D eigenvalue weighted by Crippen LogP contribution is 2.13. The summed E-state index contributed by atoms with van der Waals surface area (Å²) in [5.74, 6) is -0.292. The van der Waals surface area contributed by atoms with Gasteiger partial charge in [0.25, 0.3) is 5.91 Å². The van der Waals surface area contributed by atoms with Crippen LogP contribution >= 0.6 is 0 Å². The van der Waals surface area contributed by atoms with Gasteiger partial charge in [0, 0.05) is 25.0 Å². The third-order valence-corrected chi connectivity index (χ3v) is 2.83. The smallest absolute Gasteiger partial charge is 0.276 e. The quantitative estimate of drug-likeness (QED) is 0.815. The monoisotopic (exact) mass is 259 g/mol. The molecule has 2 heterocycles. The molecule has 0 bridgehead atoms. The summed E-state index contributed by atoms with van der Waals surface area (Å²) in [5.41, 5.74) is 1.36. The molecule has 0 spiro atoms. The molecule has 0 N–H and O–H groups in total. The summed E-state index contributed by atoms with van der Waals surface area (Å²) in [6.45, 7) is 5.91. The summed E-state index contributed by atoms with van der Waals surface area (Å²) in [6.07, 6.45) is 4.87. The molecule has 2 aromatic rings. The Morgan fingerprint density at radius 3 is 2.58 bits per heavy atom. The van der Waals surface area contributed by atoms with E-state index in [2.05, 4.69) is 15.2 Å². The molecule has 2 rings (SSSR count). The van der Waals surface area contributed by atoms with E-state index in [0.29, 0.717) is 10.9 Å². The van der Waals surface area contributed by atoms with Gasteiger partial charge in [0.1, 0.15) is 0 Å². The minimum Gasteiger partial charge on any atom is -0.276 e. The lowest BCUT2D eigenvalue weighted by Crippen LogP contribution is -2.11. The molecule has 100 valence electrons. The second kappa shape index (κ2) is 5.17. The van der Waals surface area contributed by atoms with Crippen LogP contribution in [0.5, 0.6) is 0 Å². The molecule has 0 fully saturated rings. The number of nitrogens with zero attached hydrogens (tertiary/aromatic N) is 5. The number of aryl methyl sites for hydroxylation is 1. The maximum Gasteiger partial charge on any atom is 0.281 e. The van der Waals surface area contributed by atoms with Gasteiger partial charge in [0.05, 0.1) is 23.3 Å². The van der Waals surface area contributed by atoms with Crippen LogP contribution in [0.2, 0.25) is 0 Å². The van der Waals surface area contributed by atoms with Crippen molar-refractivity contribution in [2.45, 2.75) is 26.8 Å². The average Bonchev–Trinajstić information content (AvgIpc) is 2.74. The van der Waals surface area contributed by atoms with Gasteiger partial charge < -0.3 is 0 Å². The van der Waals surface area contributed by atoms with Gasteiger partial charge in [-0.2, -0.15) is 10.2 Å². The van der Waals surface area contributed by atoms with Crippen molar-refractivity contribution in [3.8, 4) is 0 Å². The first kappa shape index (κ1) is 13.2. The van der Waals surface area contributed by atoms with E-state index in [9.17, 15) is 4.79 Å². The Morgan fingerprint density at radius 2 is 2.05 bits per heavy atom. The highest BCUT2D eigenvalue weighted by Gasteiger charge is 2.14. The van der Waals surface area contributed by atoms with Gasteiger partial charge in [-0.05, 0) is 26.8 Å². The van der Waals surface area contributed by atoms with E-state index in [4.69, 9.17) is 0 Å². The molecule has 0 unspecified atom stereocenters. The summed E-state index contributed by atoms with van der Waals surface area (Å²) < 4.78 is 3.46. The molecule has 6 nitrogen and oxygen atoms in total. The van der Waals surface area contributed by atoms with E-state index in [-0.39, 0.29) is 11.9 Å². The van der Waals surface area contributed by atoms with Crippen molar-refractivity contribution in [1.82, 2.24) is 19.6 Å². The summed E-state index contributed by atoms with van der Waals surface area (Å²) in [4.78, 5) is 16.1. The molecule has 0 aliphatic heterocycles. The zero-order valence-electron chi connectivity index (χ0n) is 11.5. The second-order valence-electron chi connectivity index (χ2n) is 4.66. The minimum atomic E-state index is -0.292. The topological polar surface area (TPSA) is 65.1 Å². The van der Waals surface area contributed by atoms with Crippen LogP contribution in [-0.2, 0) is 7.05 Å². The van der Waals surface area contributed by atoms with Gasteiger partial charge in [-0.1, -0.05) is 0 Å². The summed E-state index contributed by atoms with van der Waals surface area (Å²) in [6, 6.07) is 1.96. The summed E-state index contributed by atoms with van der Waals surface area (Å²) >= 11 is 0. The lowest BCUT2D eigenvalue weighted by Gasteiger charge is -2.07. The third-order valence-electron chi connectivity index (χ3n) is 2.83. The van der Waals surface area contributed by atoms with Gasteiger partial charge in [0.2, 0.25) is 0 Å². The van der Waals surface area contributed by atoms with E-state index in [1.807, 2.05) is 32.5 Å².